The Balaban J connectivity index is 1.36. The number of piperazine rings is 1. The number of amides is 1. The van der Waals surface area contributed by atoms with Crippen LogP contribution in [0.1, 0.15) is 5.56 Å². The Labute approximate surface area is 177 Å². The number of nitrogens with zero attached hydrogens (tertiary/aromatic N) is 5. The second-order valence-electron chi connectivity index (χ2n) is 7.41. The number of anilines is 2. The minimum Gasteiger partial charge on any atom is -0.366 e. The Hall–Kier alpha value is -2.52. The number of hydrogen-bond acceptors (Lipinski definition) is 5. The Kier molecular flexibility index (Phi) is 6.01. The van der Waals surface area contributed by atoms with Gasteiger partial charge in [-0.05, 0) is 18.1 Å². The molecule has 160 valence electrons. The van der Waals surface area contributed by atoms with Gasteiger partial charge in [0, 0.05) is 38.4 Å². The molecule has 0 unspecified atom stereocenters. The van der Waals surface area contributed by atoms with Crippen molar-refractivity contribution in [1.29, 1.82) is 0 Å². The van der Waals surface area contributed by atoms with E-state index >= 15 is 0 Å². The molecule has 4 rings (SSSR count). The fourth-order valence-corrected chi connectivity index (χ4v) is 4.22. The van der Waals surface area contributed by atoms with Crippen LogP contribution in [0.2, 0.25) is 5.02 Å². The molecule has 2 aliphatic heterocycles. The lowest BCUT2D eigenvalue weighted by Crippen LogP contribution is -2.50. The van der Waals surface area contributed by atoms with Crippen LogP contribution in [0.4, 0.5) is 20.2 Å². The maximum atomic E-state index is 12.8. The van der Waals surface area contributed by atoms with Crippen LogP contribution in [0, 0.1) is 0 Å². The number of para-hydroxylation sites is 1. The van der Waals surface area contributed by atoms with E-state index in [0.29, 0.717) is 49.6 Å². The quantitative estimate of drug-likeness (QED) is 0.714. The van der Waals surface area contributed by atoms with Crippen molar-refractivity contribution in [3.63, 3.8) is 0 Å². The highest BCUT2D eigenvalue weighted by molar-refractivity contribution is 6.33. The molecule has 0 atom stereocenters. The van der Waals surface area contributed by atoms with Gasteiger partial charge in [-0.1, -0.05) is 29.8 Å². The van der Waals surface area contributed by atoms with E-state index < -0.39 is 18.5 Å². The van der Waals surface area contributed by atoms with Crippen molar-refractivity contribution in [3.8, 4) is 0 Å². The topological polar surface area (TPSA) is 61.7 Å². The highest BCUT2D eigenvalue weighted by Gasteiger charge is 2.28. The van der Waals surface area contributed by atoms with Gasteiger partial charge in [-0.25, -0.2) is 13.5 Å². The minimum absolute atomic E-state index is 0.0719. The normalized spacial score (nSPS) is 16.9. The molecule has 2 aromatic rings. The standard InChI is InChI=1S/C20H22ClF2N5O2/c21-19-16(11-24-28(20(19)30)12-17(22)23)26-9-7-25(8-10-26)13-18(29)27-6-5-14-3-1-2-4-15(14)27/h1-4,11,17H,5-10,12-13H2. The van der Waals surface area contributed by atoms with E-state index in [0.717, 1.165) is 12.1 Å². The summed E-state index contributed by atoms with van der Waals surface area (Å²) in [6.07, 6.45) is -0.451. The Bertz CT molecular complexity index is 991. The number of hydrogen-bond donors (Lipinski definition) is 0. The molecule has 7 nitrogen and oxygen atoms in total. The molecule has 0 bridgehead atoms. The van der Waals surface area contributed by atoms with Gasteiger partial charge in [0.05, 0.1) is 18.4 Å². The second kappa shape index (κ2) is 8.69. The van der Waals surface area contributed by atoms with Gasteiger partial charge in [0.2, 0.25) is 5.91 Å². The Morgan fingerprint density at radius 2 is 1.83 bits per heavy atom. The van der Waals surface area contributed by atoms with E-state index in [1.807, 2.05) is 34.1 Å². The summed E-state index contributed by atoms with van der Waals surface area (Å²) in [5, 5.41) is 3.71. The molecule has 1 saturated heterocycles. The third-order valence-electron chi connectivity index (χ3n) is 5.54. The van der Waals surface area contributed by atoms with Gasteiger partial charge < -0.3 is 9.80 Å². The maximum absolute atomic E-state index is 12.8. The zero-order valence-corrected chi connectivity index (χ0v) is 17.1. The first-order chi connectivity index (χ1) is 14.4. The summed E-state index contributed by atoms with van der Waals surface area (Å²) in [6, 6.07) is 7.95. The summed E-state index contributed by atoms with van der Waals surface area (Å²) in [5.74, 6) is 0.0719. The average molecular weight is 438 g/mol. The molecule has 2 aliphatic rings. The maximum Gasteiger partial charge on any atom is 0.287 e. The molecular formula is C20H22ClF2N5O2. The zero-order chi connectivity index (χ0) is 21.3. The first-order valence-corrected chi connectivity index (χ1v) is 10.2. The van der Waals surface area contributed by atoms with Crippen molar-refractivity contribution in [2.24, 2.45) is 0 Å². The largest absolute Gasteiger partial charge is 0.366 e. The van der Waals surface area contributed by atoms with Gasteiger partial charge >= 0.3 is 0 Å². The van der Waals surface area contributed by atoms with Gasteiger partial charge in [-0.3, -0.25) is 14.5 Å². The number of aromatic nitrogens is 2. The van der Waals surface area contributed by atoms with Gasteiger partial charge in [0.15, 0.2) is 0 Å². The first kappa shape index (κ1) is 20.7. The molecule has 30 heavy (non-hydrogen) atoms. The number of halogens is 3. The van der Waals surface area contributed by atoms with E-state index in [-0.39, 0.29) is 10.9 Å². The number of carbonyl (C=O) groups is 1. The molecule has 3 heterocycles. The van der Waals surface area contributed by atoms with Gasteiger partial charge in [0.25, 0.3) is 12.0 Å². The van der Waals surface area contributed by atoms with Crippen LogP contribution in [-0.4, -0.2) is 66.3 Å². The van der Waals surface area contributed by atoms with Crippen molar-refractivity contribution in [3.05, 3.63) is 51.4 Å². The van der Waals surface area contributed by atoms with E-state index in [9.17, 15) is 18.4 Å². The molecular weight excluding hydrogens is 416 g/mol. The van der Waals surface area contributed by atoms with Crippen molar-refractivity contribution >= 4 is 28.9 Å². The number of fused-ring (bicyclic) bond motifs is 1. The smallest absolute Gasteiger partial charge is 0.287 e. The van der Waals surface area contributed by atoms with Crippen molar-refractivity contribution in [2.45, 2.75) is 19.4 Å². The monoisotopic (exact) mass is 437 g/mol. The third kappa shape index (κ3) is 4.17. The zero-order valence-electron chi connectivity index (χ0n) is 16.3. The minimum atomic E-state index is -2.68. The Morgan fingerprint density at radius 1 is 1.10 bits per heavy atom. The third-order valence-corrected chi connectivity index (χ3v) is 5.89. The Morgan fingerprint density at radius 3 is 2.57 bits per heavy atom. The van der Waals surface area contributed by atoms with Crippen LogP contribution >= 0.6 is 11.6 Å². The van der Waals surface area contributed by atoms with Crippen LogP contribution < -0.4 is 15.4 Å². The number of rotatable bonds is 5. The lowest BCUT2D eigenvalue weighted by molar-refractivity contribution is -0.119. The van der Waals surface area contributed by atoms with Crippen LogP contribution in [0.25, 0.3) is 0 Å². The van der Waals surface area contributed by atoms with E-state index in [2.05, 4.69) is 10.00 Å². The molecule has 1 aromatic carbocycles. The molecule has 1 aromatic heterocycles. The molecule has 0 N–H and O–H groups in total. The van der Waals surface area contributed by atoms with E-state index in [1.54, 1.807) is 0 Å². The van der Waals surface area contributed by atoms with Crippen LogP contribution in [0.3, 0.4) is 0 Å². The van der Waals surface area contributed by atoms with Gasteiger partial charge in [0.1, 0.15) is 11.6 Å². The summed E-state index contributed by atoms with van der Waals surface area (Å²) in [5.41, 5.74) is 1.90. The molecule has 0 spiro atoms. The SMILES string of the molecule is O=C(CN1CCN(c2cnn(CC(F)F)c(=O)c2Cl)CC1)N1CCc2ccccc21. The van der Waals surface area contributed by atoms with Gasteiger partial charge in [-0.2, -0.15) is 5.10 Å². The molecule has 0 saturated carbocycles. The molecule has 0 radical (unpaired) electrons. The fraction of sp³-hybridized carbons (Fsp3) is 0.450. The second-order valence-corrected chi connectivity index (χ2v) is 7.79. The van der Waals surface area contributed by atoms with E-state index in [1.165, 1.54) is 11.8 Å². The van der Waals surface area contributed by atoms with Gasteiger partial charge in [-0.15, -0.1) is 0 Å². The highest BCUT2D eigenvalue weighted by Crippen LogP contribution is 2.28. The van der Waals surface area contributed by atoms with Crippen molar-refractivity contribution in [2.75, 3.05) is 49.1 Å². The van der Waals surface area contributed by atoms with E-state index in [4.69, 9.17) is 11.6 Å². The lowest BCUT2D eigenvalue weighted by Gasteiger charge is -2.36. The lowest BCUT2D eigenvalue weighted by atomic mass is 10.2. The number of carbonyl (C=O) groups excluding carboxylic acids is 1. The molecule has 1 fully saturated rings. The fourth-order valence-electron chi connectivity index (χ4n) is 3.96. The summed E-state index contributed by atoms with van der Waals surface area (Å²) in [7, 11) is 0. The summed E-state index contributed by atoms with van der Waals surface area (Å²) >= 11 is 6.14. The van der Waals surface area contributed by atoms with Crippen molar-refractivity contribution < 1.29 is 13.6 Å². The van der Waals surface area contributed by atoms with Crippen LogP contribution in [0.15, 0.2) is 35.3 Å². The van der Waals surface area contributed by atoms with Crippen molar-refractivity contribution in [1.82, 2.24) is 14.7 Å². The molecule has 10 heteroatoms. The summed E-state index contributed by atoms with van der Waals surface area (Å²) in [4.78, 5) is 30.8. The molecule has 0 aliphatic carbocycles. The predicted octanol–water partition coefficient (Wildman–Crippen LogP) is 1.87. The first-order valence-electron chi connectivity index (χ1n) is 9.83. The average Bonchev–Trinajstić information content (AvgIpc) is 3.16. The highest BCUT2D eigenvalue weighted by atomic mass is 35.5. The molecule has 1 amide bonds. The van der Waals surface area contributed by atoms with Crippen LogP contribution in [0.5, 0.6) is 0 Å². The summed E-state index contributed by atoms with van der Waals surface area (Å²) in [6.45, 7) is 2.61. The predicted molar refractivity (Wildman–Crippen MR) is 111 cm³/mol. The summed E-state index contributed by atoms with van der Waals surface area (Å²) < 4.78 is 25.8. The number of alkyl halides is 2. The number of benzene rings is 1. The van der Waals surface area contributed by atoms with Crippen LogP contribution in [-0.2, 0) is 17.8 Å².